The molecule has 8 heteroatoms. The number of rotatable bonds is 3. The number of amides is 2. The van der Waals surface area contributed by atoms with Gasteiger partial charge >= 0.3 is 6.09 Å². The average molecular weight is 331 g/mol. The van der Waals surface area contributed by atoms with Crippen LogP contribution in [-0.2, 0) is 22.4 Å². The summed E-state index contributed by atoms with van der Waals surface area (Å²) >= 11 is 0. The predicted octanol–water partition coefficient (Wildman–Crippen LogP) is 3.54. The molecule has 1 aromatic heterocycles. The number of carbonyl (C=O) groups excluding carboxylic acids is 2. The van der Waals surface area contributed by atoms with Crippen molar-refractivity contribution in [3.63, 3.8) is 0 Å². The third-order valence-corrected chi connectivity index (χ3v) is 3.46. The molecule has 1 aromatic rings. The van der Waals surface area contributed by atoms with E-state index >= 15 is 0 Å². The standard InChI is InChI=1S/C16H21N5O3/c1-16(2,3)24-15(23)21-10-4-5-11-6-7-12(18-14(11)21)8-9-13(22)19-20-17/h6-7H,4-5,8-10H2,1-3H3. The van der Waals surface area contributed by atoms with E-state index in [9.17, 15) is 9.59 Å². The predicted molar refractivity (Wildman–Crippen MR) is 88.6 cm³/mol. The SMILES string of the molecule is CC(C)(C)OC(=O)N1CCCc2ccc(CCC(=O)N=[N+]=[N-])nc21. The molecule has 1 aliphatic rings. The molecule has 8 nitrogen and oxygen atoms in total. The monoisotopic (exact) mass is 331 g/mol. The number of hydrogen-bond donors (Lipinski definition) is 0. The van der Waals surface area contributed by atoms with Gasteiger partial charge in [-0.05, 0) is 62.3 Å². The van der Waals surface area contributed by atoms with Crippen molar-refractivity contribution < 1.29 is 14.3 Å². The Morgan fingerprint density at radius 3 is 2.83 bits per heavy atom. The molecule has 2 amide bonds. The first-order valence-corrected chi connectivity index (χ1v) is 7.87. The topological polar surface area (TPSA) is 108 Å². The molecule has 2 rings (SSSR count). The average Bonchev–Trinajstić information content (AvgIpc) is 2.50. The van der Waals surface area contributed by atoms with E-state index in [2.05, 4.69) is 15.0 Å². The van der Waals surface area contributed by atoms with Crippen LogP contribution < -0.4 is 4.90 Å². The van der Waals surface area contributed by atoms with E-state index in [1.165, 1.54) is 0 Å². The number of anilines is 1. The zero-order valence-electron chi connectivity index (χ0n) is 14.2. The van der Waals surface area contributed by atoms with Gasteiger partial charge in [-0.1, -0.05) is 6.07 Å². The van der Waals surface area contributed by atoms with Gasteiger partial charge in [-0.25, -0.2) is 9.78 Å². The lowest BCUT2D eigenvalue weighted by atomic mass is 10.0. The van der Waals surface area contributed by atoms with Crippen LogP contribution in [0.1, 0.15) is 44.9 Å². The van der Waals surface area contributed by atoms with Crippen molar-refractivity contribution in [1.82, 2.24) is 4.98 Å². The van der Waals surface area contributed by atoms with Crippen molar-refractivity contribution in [3.05, 3.63) is 33.8 Å². The van der Waals surface area contributed by atoms with Gasteiger partial charge in [0.05, 0.1) is 0 Å². The minimum Gasteiger partial charge on any atom is -0.443 e. The van der Waals surface area contributed by atoms with Crippen LogP contribution in [0, 0.1) is 0 Å². The molecule has 0 unspecified atom stereocenters. The van der Waals surface area contributed by atoms with Gasteiger partial charge < -0.3 is 4.74 Å². The Morgan fingerprint density at radius 2 is 2.17 bits per heavy atom. The summed E-state index contributed by atoms with van der Waals surface area (Å²) in [6, 6.07) is 3.76. The van der Waals surface area contributed by atoms with Crippen molar-refractivity contribution in [2.24, 2.45) is 5.11 Å². The second kappa shape index (κ2) is 7.31. The smallest absolute Gasteiger partial charge is 0.416 e. The van der Waals surface area contributed by atoms with E-state index in [-0.39, 0.29) is 6.42 Å². The van der Waals surface area contributed by atoms with Crippen molar-refractivity contribution in [1.29, 1.82) is 0 Å². The Kier molecular flexibility index (Phi) is 5.41. The summed E-state index contributed by atoms with van der Waals surface area (Å²) in [6.45, 7) is 6.01. The number of pyridine rings is 1. The van der Waals surface area contributed by atoms with Crippen LogP contribution in [0.3, 0.4) is 0 Å². The second-order valence-electron chi connectivity index (χ2n) is 6.60. The quantitative estimate of drug-likeness (QED) is 0.479. The van der Waals surface area contributed by atoms with Gasteiger partial charge in [-0.3, -0.25) is 9.69 Å². The molecule has 0 radical (unpaired) electrons. The highest BCUT2D eigenvalue weighted by molar-refractivity contribution is 5.88. The molecule has 0 fully saturated rings. The summed E-state index contributed by atoms with van der Waals surface area (Å²) in [5.41, 5.74) is 9.32. The maximum atomic E-state index is 12.4. The first kappa shape index (κ1) is 17.7. The highest BCUT2D eigenvalue weighted by Crippen LogP contribution is 2.27. The van der Waals surface area contributed by atoms with Crippen molar-refractivity contribution in [2.45, 2.75) is 52.1 Å². The molecule has 0 aromatic carbocycles. The molecule has 0 spiro atoms. The molecular weight excluding hydrogens is 310 g/mol. The molecular formula is C16H21N5O3. The third kappa shape index (κ3) is 4.70. The summed E-state index contributed by atoms with van der Waals surface area (Å²) in [7, 11) is 0. The van der Waals surface area contributed by atoms with E-state index in [4.69, 9.17) is 10.3 Å². The highest BCUT2D eigenvalue weighted by atomic mass is 16.6. The maximum Gasteiger partial charge on any atom is 0.416 e. The van der Waals surface area contributed by atoms with Gasteiger partial charge in [-0.2, -0.15) is 0 Å². The lowest BCUT2D eigenvalue weighted by Crippen LogP contribution is -2.40. The summed E-state index contributed by atoms with van der Waals surface area (Å²) in [5.74, 6) is 0.0604. The minimum absolute atomic E-state index is 0.0856. The Balaban J connectivity index is 2.18. The molecule has 0 bridgehead atoms. The normalized spacial score (nSPS) is 13.7. The summed E-state index contributed by atoms with van der Waals surface area (Å²) in [6.07, 6.45) is 1.72. The molecule has 24 heavy (non-hydrogen) atoms. The number of azide groups is 1. The van der Waals surface area contributed by atoms with Crippen molar-refractivity contribution in [2.75, 3.05) is 11.4 Å². The molecule has 0 atom stereocenters. The third-order valence-electron chi connectivity index (χ3n) is 3.46. The highest BCUT2D eigenvalue weighted by Gasteiger charge is 2.28. The molecule has 128 valence electrons. The van der Waals surface area contributed by atoms with Crippen LogP contribution in [0.4, 0.5) is 10.6 Å². The maximum absolute atomic E-state index is 12.4. The first-order chi connectivity index (χ1) is 11.3. The van der Waals surface area contributed by atoms with Gasteiger partial charge in [0.2, 0.25) is 5.91 Å². The van der Waals surface area contributed by atoms with Gasteiger partial charge in [0.25, 0.3) is 0 Å². The zero-order valence-corrected chi connectivity index (χ0v) is 14.2. The number of nitrogens with zero attached hydrogens (tertiary/aromatic N) is 5. The van der Waals surface area contributed by atoms with Crippen molar-refractivity contribution >= 4 is 17.8 Å². The minimum atomic E-state index is -0.575. The number of ether oxygens (including phenoxy) is 1. The summed E-state index contributed by atoms with van der Waals surface area (Å²) < 4.78 is 5.44. The Labute approximate surface area is 140 Å². The molecule has 1 aliphatic heterocycles. The number of hydrogen-bond acceptors (Lipinski definition) is 4. The molecule has 0 aliphatic carbocycles. The van der Waals surface area contributed by atoms with E-state index in [1.54, 1.807) is 4.90 Å². The zero-order chi connectivity index (χ0) is 17.7. The second-order valence-corrected chi connectivity index (χ2v) is 6.60. The number of carbonyl (C=O) groups is 2. The lowest BCUT2D eigenvalue weighted by Gasteiger charge is -2.31. The first-order valence-electron chi connectivity index (χ1n) is 7.87. The fourth-order valence-corrected chi connectivity index (χ4v) is 2.45. The van der Waals surface area contributed by atoms with E-state index in [0.717, 1.165) is 18.4 Å². The van der Waals surface area contributed by atoms with Crippen LogP contribution >= 0.6 is 0 Å². The Bertz CT molecular complexity index is 689. The molecule has 0 saturated carbocycles. The largest absolute Gasteiger partial charge is 0.443 e. The lowest BCUT2D eigenvalue weighted by molar-refractivity contribution is -0.117. The van der Waals surface area contributed by atoms with Crippen LogP contribution in [0.2, 0.25) is 0 Å². The fraction of sp³-hybridized carbons (Fsp3) is 0.562. The van der Waals surface area contributed by atoms with E-state index < -0.39 is 17.6 Å². The van der Waals surface area contributed by atoms with Gasteiger partial charge in [0.1, 0.15) is 11.4 Å². The summed E-state index contributed by atoms with van der Waals surface area (Å²) in [4.78, 5) is 32.2. The Hall–Kier alpha value is -2.60. The van der Waals surface area contributed by atoms with Gasteiger partial charge in [0.15, 0.2) is 0 Å². The summed E-state index contributed by atoms with van der Waals surface area (Å²) in [5, 5.41) is 3.04. The van der Waals surface area contributed by atoms with E-state index in [1.807, 2.05) is 32.9 Å². The fourth-order valence-electron chi connectivity index (χ4n) is 2.45. The van der Waals surface area contributed by atoms with Crippen LogP contribution in [0.5, 0.6) is 0 Å². The number of aromatic nitrogens is 1. The van der Waals surface area contributed by atoms with E-state index in [0.29, 0.717) is 24.5 Å². The van der Waals surface area contributed by atoms with Crippen LogP contribution in [0.25, 0.3) is 10.4 Å². The van der Waals surface area contributed by atoms with Gasteiger partial charge in [-0.15, -0.1) is 0 Å². The van der Waals surface area contributed by atoms with Crippen LogP contribution in [-0.4, -0.2) is 29.1 Å². The van der Waals surface area contributed by atoms with Gasteiger partial charge in [0, 0.05) is 23.6 Å². The van der Waals surface area contributed by atoms with Crippen molar-refractivity contribution in [3.8, 4) is 0 Å². The number of fused-ring (bicyclic) bond motifs is 1. The molecule has 0 saturated heterocycles. The van der Waals surface area contributed by atoms with Crippen LogP contribution in [0.15, 0.2) is 17.2 Å². The molecule has 2 heterocycles. The molecule has 0 N–H and O–H groups in total. The Morgan fingerprint density at radius 1 is 1.42 bits per heavy atom. The number of aryl methyl sites for hydroxylation is 2.